The fourth-order valence-electron chi connectivity index (χ4n) is 1.66. The summed E-state index contributed by atoms with van der Waals surface area (Å²) in [4.78, 5) is 2.25. The van der Waals surface area contributed by atoms with Crippen LogP contribution in [0.2, 0.25) is 0 Å². The standard InChI is InChI=1S/C11H11OS.C5H5.Fe/c1-8-6-7-10(13-8)11(12)9-4-2-3-5-9;1-2-4-5-3-1;/h2-7,11-12H,1H3;1-5H;/q-5;-1;. The molecule has 1 atom stereocenters. The Labute approximate surface area is 128 Å². The molecule has 2 aromatic carbocycles. The Kier molecular flexibility index (Phi) is 6.82. The summed E-state index contributed by atoms with van der Waals surface area (Å²) in [5, 5.41) is 9.90. The van der Waals surface area contributed by atoms with Crippen molar-refractivity contribution in [2.45, 2.75) is 13.0 Å². The summed E-state index contributed by atoms with van der Waals surface area (Å²) in [7, 11) is 0. The number of thiophene rings is 1. The van der Waals surface area contributed by atoms with Crippen LogP contribution in [0.5, 0.6) is 0 Å². The molecule has 0 bridgehead atoms. The fraction of sp³-hybridized carbons (Fsp3) is 0.125. The van der Waals surface area contributed by atoms with Gasteiger partial charge in [-0.3, -0.25) is 0 Å². The van der Waals surface area contributed by atoms with E-state index in [0.29, 0.717) is 0 Å². The van der Waals surface area contributed by atoms with E-state index in [0.717, 1.165) is 10.4 Å². The maximum absolute atomic E-state index is 9.90. The Morgan fingerprint density at radius 2 is 1.79 bits per heavy atom. The largest absolute Gasteiger partial charge is 0.747 e. The first kappa shape index (κ1) is 15.9. The molecule has 0 amide bonds. The maximum atomic E-state index is 9.90. The number of rotatable bonds is 2. The predicted octanol–water partition coefficient (Wildman–Crippen LogP) is 4.26. The maximum Gasteiger partial charge on any atom is 0.00171 e. The molecule has 1 nitrogen and oxygen atoms in total. The second-order valence-corrected chi connectivity index (χ2v) is 5.35. The van der Waals surface area contributed by atoms with Crippen LogP contribution >= 0.6 is 11.3 Å². The molecule has 106 valence electrons. The molecule has 19 heavy (non-hydrogen) atoms. The van der Waals surface area contributed by atoms with Crippen LogP contribution in [-0.2, 0) is 17.1 Å². The minimum atomic E-state index is -0.450. The zero-order valence-corrected chi connectivity index (χ0v) is 12.6. The monoisotopic (exact) mass is 312 g/mol. The number of aryl methyl sites for hydroxylation is 1. The summed E-state index contributed by atoms with van der Waals surface area (Å²) >= 11 is 1.64. The summed E-state index contributed by atoms with van der Waals surface area (Å²) < 4.78 is 0. The van der Waals surface area contributed by atoms with Gasteiger partial charge in [0.15, 0.2) is 0 Å². The molecule has 1 aromatic heterocycles. The second-order valence-electron chi connectivity index (χ2n) is 4.03. The van der Waals surface area contributed by atoms with Crippen molar-refractivity contribution in [1.29, 1.82) is 0 Å². The van der Waals surface area contributed by atoms with Crippen molar-refractivity contribution in [3.05, 3.63) is 82.0 Å². The van der Waals surface area contributed by atoms with Gasteiger partial charge in [-0.15, -0.1) is 11.3 Å². The van der Waals surface area contributed by atoms with Gasteiger partial charge in [0.1, 0.15) is 0 Å². The van der Waals surface area contributed by atoms with Crippen molar-refractivity contribution in [2.24, 2.45) is 0 Å². The third-order valence-electron chi connectivity index (χ3n) is 2.59. The molecule has 3 rings (SSSR count). The van der Waals surface area contributed by atoms with Crippen LogP contribution in [0.1, 0.15) is 21.4 Å². The molecule has 0 spiro atoms. The van der Waals surface area contributed by atoms with E-state index in [-0.39, 0.29) is 17.1 Å². The van der Waals surface area contributed by atoms with Gasteiger partial charge < -0.3 is 34.9 Å². The smallest absolute Gasteiger partial charge is 0.00171 e. The average molecular weight is 312 g/mol. The van der Waals surface area contributed by atoms with Gasteiger partial charge in [0.05, 0.1) is 0 Å². The molecule has 3 aromatic rings. The van der Waals surface area contributed by atoms with Gasteiger partial charge in [-0.05, 0) is 19.1 Å². The van der Waals surface area contributed by atoms with Crippen molar-refractivity contribution in [2.75, 3.05) is 0 Å². The minimum absolute atomic E-state index is 0. The predicted molar refractivity (Wildman–Crippen MR) is 77.2 cm³/mol. The van der Waals surface area contributed by atoms with E-state index in [9.17, 15) is 5.11 Å². The van der Waals surface area contributed by atoms with E-state index >= 15 is 0 Å². The Morgan fingerprint density at radius 1 is 1.16 bits per heavy atom. The number of hydrogen-bond acceptors (Lipinski definition) is 2. The molecule has 0 aliphatic rings. The van der Waals surface area contributed by atoms with E-state index in [2.05, 4.69) is 0 Å². The molecule has 0 aliphatic heterocycles. The van der Waals surface area contributed by atoms with Crippen LogP contribution < -0.4 is 0 Å². The molecule has 3 heteroatoms. The zero-order chi connectivity index (χ0) is 12.8. The van der Waals surface area contributed by atoms with Crippen LogP contribution in [-0.4, -0.2) is 5.11 Å². The van der Waals surface area contributed by atoms with E-state index in [4.69, 9.17) is 0 Å². The third-order valence-corrected chi connectivity index (χ3v) is 3.64. The van der Waals surface area contributed by atoms with Crippen LogP contribution in [0.15, 0.2) is 66.7 Å². The van der Waals surface area contributed by atoms with Crippen molar-refractivity contribution in [3.63, 3.8) is 0 Å². The molecule has 0 fully saturated rings. The average Bonchev–Trinajstić information content (AvgIpc) is 3.13. The van der Waals surface area contributed by atoms with E-state index in [1.165, 1.54) is 4.88 Å². The molecular weight excluding hydrogens is 296 g/mol. The van der Waals surface area contributed by atoms with Crippen LogP contribution in [0.3, 0.4) is 0 Å². The third kappa shape index (κ3) is 4.81. The van der Waals surface area contributed by atoms with Gasteiger partial charge in [0, 0.05) is 26.8 Å². The van der Waals surface area contributed by atoms with Crippen LogP contribution in [0.25, 0.3) is 0 Å². The number of hydrogen-bond donors (Lipinski definition) is 1. The quantitative estimate of drug-likeness (QED) is 0.554. The molecule has 1 N–H and O–H groups in total. The summed E-state index contributed by atoms with van der Waals surface area (Å²) in [6.45, 7) is 2.05. The summed E-state index contributed by atoms with van der Waals surface area (Å²) in [5.74, 6) is 0. The number of aliphatic hydroxyl groups is 1. The first-order chi connectivity index (χ1) is 8.77. The normalized spacial score (nSPS) is 11.1. The van der Waals surface area contributed by atoms with Gasteiger partial charge in [0.2, 0.25) is 0 Å². The molecule has 0 saturated carbocycles. The molecule has 0 aliphatic carbocycles. The Balaban J connectivity index is 0.000000256. The zero-order valence-electron chi connectivity index (χ0n) is 10.6. The van der Waals surface area contributed by atoms with Gasteiger partial charge in [-0.1, -0.05) is 6.10 Å². The van der Waals surface area contributed by atoms with E-state index < -0.39 is 6.10 Å². The summed E-state index contributed by atoms with van der Waals surface area (Å²) in [6, 6.07) is 21.8. The molecule has 1 heterocycles. The van der Waals surface area contributed by atoms with Crippen LogP contribution in [0.4, 0.5) is 0 Å². The molecular formula is C16H16FeOS-6. The topological polar surface area (TPSA) is 20.2 Å². The second kappa shape index (κ2) is 8.13. The van der Waals surface area contributed by atoms with Gasteiger partial charge in [-0.2, -0.15) is 18.2 Å². The van der Waals surface area contributed by atoms with Crippen molar-refractivity contribution >= 4 is 11.3 Å². The molecule has 0 saturated heterocycles. The molecule has 1 unspecified atom stereocenters. The van der Waals surface area contributed by atoms with E-state index in [1.54, 1.807) is 11.3 Å². The SMILES string of the molecule is Cc1ccc(C(O)[c-]2[cH-][cH-][cH-][cH-]2)s1.[Fe].c1cc[cH-]c1. The first-order valence-corrected chi connectivity index (χ1v) is 6.71. The van der Waals surface area contributed by atoms with Gasteiger partial charge in [0.25, 0.3) is 0 Å². The van der Waals surface area contributed by atoms with Crippen molar-refractivity contribution in [1.82, 2.24) is 0 Å². The first-order valence-electron chi connectivity index (χ1n) is 5.90. The van der Waals surface area contributed by atoms with Crippen molar-refractivity contribution in [3.8, 4) is 0 Å². The Bertz CT molecular complexity index is 520. The van der Waals surface area contributed by atoms with E-state index in [1.807, 2.05) is 73.7 Å². The summed E-state index contributed by atoms with van der Waals surface area (Å²) in [5.41, 5.74) is 0.974. The van der Waals surface area contributed by atoms with Gasteiger partial charge >= 0.3 is 0 Å². The van der Waals surface area contributed by atoms with Gasteiger partial charge in [-0.25, -0.2) is 12.1 Å². The molecule has 0 radical (unpaired) electrons. The minimum Gasteiger partial charge on any atom is -0.747 e. The fourth-order valence-corrected chi connectivity index (χ4v) is 2.55. The van der Waals surface area contributed by atoms with Crippen molar-refractivity contribution < 1.29 is 22.2 Å². The number of aliphatic hydroxyl groups excluding tert-OH is 1. The Morgan fingerprint density at radius 3 is 2.21 bits per heavy atom. The van der Waals surface area contributed by atoms with Crippen LogP contribution in [0, 0.1) is 6.92 Å². The Hall–Kier alpha value is -1.12. The summed E-state index contributed by atoms with van der Waals surface area (Å²) in [6.07, 6.45) is -0.450.